The van der Waals surface area contributed by atoms with Gasteiger partial charge < -0.3 is 4.74 Å². The smallest absolute Gasteiger partial charge is 0.406 e. The summed E-state index contributed by atoms with van der Waals surface area (Å²) in [5, 5.41) is 4.16. The molecule has 1 unspecified atom stereocenters. The van der Waals surface area contributed by atoms with Gasteiger partial charge in [-0.25, -0.2) is 0 Å². The molecule has 1 heterocycles. The Morgan fingerprint density at radius 1 is 0.889 bits per heavy atom. The Hall–Kier alpha value is -1.67. The van der Waals surface area contributed by atoms with Crippen LogP contribution in [0.4, 0.5) is 13.2 Å². The van der Waals surface area contributed by atoms with E-state index in [0.29, 0.717) is 8.19 Å². The second-order valence-electron chi connectivity index (χ2n) is 3.93. The maximum Gasteiger partial charge on any atom is 0.573 e. The fourth-order valence-corrected chi connectivity index (χ4v) is 3.42. The van der Waals surface area contributed by atoms with Crippen LogP contribution >= 0.6 is 8.19 Å². The van der Waals surface area contributed by atoms with E-state index in [-0.39, 0.29) is 5.75 Å². The SMILES string of the molecule is FC(F)(F)Oc1ccc2c(c1)[pH]c1ccccc12. The second-order valence-corrected chi connectivity index (χ2v) is 5.25. The second kappa shape index (κ2) is 3.92. The molecule has 0 aliphatic rings. The van der Waals surface area contributed by atoms with Gasteiger partial charge in [-0.15, -0.1) is 21.4 Å². The molecule has 1 nitrogen and oxygen atoms in total. The molecule has 0 spiro atoms. The van der Waals surface area contributed by atoms with Crippen LogP contribution in [0.1, 0.15) is 0 Å². The third-order valence-corrected chi connectivity index (χ3v) is 4.10. The van der Waals surface area contributed by atoms with Crippen LogP contribution in [0.5, 0.6) is 5.75 Å². The van der Waals surface area contributed by atoms with E-state index in [0.717, 1.165) is 21.0 Å². The summed E-state index contributed by atoms with van der Waals surface area (Å²) in [6, 6.07) is 12.4. The van der Waals surface area contributed by atoms with E-state index in [4.69, 9.17) is 0 Å². The molecule has 0 fully saturated rings. The molecule has 0 aliphatic carbocycles. The summed E-state index contributed by atoms with van der Waals surface area (Å²) in [6.07, 6.45) is -4.64. The van der Waals surface area contributed by atoms with Gasteiger partial charge in [0.1, 0.15) is 5.75 Å². The van der Waals surface area contributed by atoms with Gasteiger partial charge in [0.15, 0.2) is 0 Å². The Balaban J connectivity index is 2.15. The lowest BCUT2D eigenvalue weighted by molar-refractivity contribution is -0.274. The van der Waals surface area contributed by atoms with Crippen LogP contribution in [-0.2, 0) is 0 Å². The summed E-state index contributed by atoms with van der Waals surface area (Å²) in [5.41, 5.74) is 0. The van der Waals surface area contributed by atoms with Crippen LogP contribution in [0, 0.1) is 0 Å². The minimum Gasteiger partial charge on any atom is -0.406 e. The van der Waals surface area contributed by atoms with Crippen molar-refractivity contribution in [1.82, 2.24) is 0 Å². The van der Waals surface area contributed by atoms with E-state index in [2.05, 4.69) is 4.74 Å². The highest BCUT2D eigenvalue weighted by Crippen LogP contribution is 2.39. The largest absolute Gasteiger partial charge is 0.573 e. The molecule has 0 N–H and O–H groups in total. The first-order valence-electron chi connectivity index (χ1n) is 5.29. The van der Waals surface area contributed by atoms with Crippen molar-refractivity contribution in [3.05, 3.63) is 42.5 Å². The lowest BCUT2D eigenvalue weighted by Gasteiger charge is -2.08. The molecule has 2 aromatic carbocycles. The summed E-state index contributed by atoms with van der Waals surface area (Å²) in [5.74, 6) is -0.151. The molecule has 0 bridgehead atoms. The van der Waals surface area contributed by atoms with Crippen LogP contribution in [0.3, 0.4) is 0 Å². The lowest BCUT2D eigenvalue weighted by Crippen LogP contribution is -2.16. The number of rotatable bonds is 1. The molecule has 5 heteroatoms. The van der Waals surface area contributed by atoms with Crippen LogP contribution in [0.15, 0.2) is 42.5 Å². The highest BCUT2D eigenvalue weighted by Gasteiger charge is 2.31. The van der Waals surface area contributed by atoms with Crippen molar-refractivity contribution in [2.75, 3.05) is 0 Å². The number of fused-ring (bicyclic) bond motifs is 3. The molecule has 0 amide bonds. The van der Waals surface area contributed by atoms with Crippen LogP contribution < -0.4 is 4.74 Å². The lowest BCUT2D eigenvalue weighted by atomic mass is 10.1. The first kappa shape index (κ1) is 11.4. The van der Waals surface area contributed by atoms with Crippen LogP contribution in [0.25, 0.3) is 21.0 Å². The van der Waals surface area contributed by atoms with E-state index in [1.165, 1.54) is 12.1 Å². The van der Waals surface area contributed by atoms with Gasteiger partial charge in [-0.3, -0.25) is 0 Å². The average molecular weight is 268 g/mol. The molecule has 92 valence electrons. The number of alkyl halides is 3. The average Bonchev–Trinajstić information content (AvgIpc) is 2.64. The predicted molar refractivity (Wildman–Crippen MR) is 67.6 cm³/mol. The summed E-state index contributed by atoms with van der Waals surface area (Å²) in [7, 11) is 0.386. The molecule has 0 aliphatic heterocycles. The van der Waals surface area contributed by atoms with E-state index < -0.39 is 6.36 Å². The Morgan fingerprint density at radius 2 is 1.61 bits per heavy atom. The summed E-state index contributed by atoms with van der Waals surface area (Å²) < 4.78 is 40.3. The molecule has 3 aromatic rings. The van der Waals surface area contributed by atoms with Gasteiger partial charge in [-0.2, -0.15) is 0 Å². The molecule has 0 radical (unpaired) electrons. The molecular formula is C13H8F3OP. The molecule has 3 rings (SSSR count). The van der Waals surface area contributed by atoms with Gasteiger partial charge in [0.2, 0.25) is 0 Å². The topological polar surface area (TPSA) is 9.23 Å². The van der Waals surface area contributed by atoms with Gasteiger partial charge >= 0.3 is 6.36 Å². The predicted octanol–water partition coefficient (Wildman–Crippen LogP) is 4.92. The standard InChI is InChI=1S/C13H8F3OP/c14-13(15,16)17-8-5-6-10-9-3-1-2-4-11(9)18-12(10)7-8/h1-7,18H. The first-order valence-corrected chi connectivity index (χ1v) is 6.29. The fraction of sp³-hybridized carbons (Fsp3) is 0.0769. The monoisotopic (exact) mass is 268 g/mol. The van der Waals surface area contributed by atoms with Gasteiger partial charge in [0.05, 0.1) is 0 Å². The van der Waals surface area contributed by atoms with Gasteiger partial charge in [-0.1, -0.05) is 24.3 Å². The Kier molecular flexibility index (Phi) is 2.49. The number of ether oxygens (including phenoxy) is 1. The minimum atomic E-state index is -4.64. The highest BCUT2D eigenvalue weighted by molar-refractivity contribution is 7.43. The van der Waals surface area contributed by atoms with Crippen molar-refractivity contribution in [2.24, 2.45) is 0 Å². The van der Waals surface area contributed by atoms with Crippen molar-refractivity contribution >= 4 is 29.2 Å². The van der Waals surface area contributed by atoms with Crippen LogP contribution in [0.2, 0.25) is 0 Å². The summed E-state index contributed by atoms with van der Waals surface area (Å²) in [6.45, 7) is 0. The Labute approximate surface area is 102 Å². The fourth-order valence-electron chi connectivity index (χ4n) is 2.03. The van der Waals surface area contributed by atoms with Gasteiger partial charge in [-0.05, 0) is 34.1 Å². The third kappa shape index (κ3) is 2.04. The van der Waals surface area contributed by atoms with Gasteiger partial charge in [0, 0.05) is 5.12 Å². The maximum absolute atomic E-state index is 12.1. The molecule has 0 saturated carbocycles. The summed E-state index contributed by atoms with van der Waals surface area (Å²) in [4.78, 5) is 0. The Bertz CT molecular complexity index is 715. The zero-order chi connectivity index (χ0) is 12.8. The van der Waals surface area contributed by atoms with Crippen molar-refractivity contribution < 1.29 is 17.9 Å². The Morgan fingerprint density at radius 3 is 2.39 bits per heavy atom. The molecule has 1 atom stereocenters. The van der Waals surface area contributed by atoms with Crippen molar-refractivity contribution in [1.29, 1.82) is 0 Å². The van der Waals surface area contributed by atoms with Crippen molar-refractivity contribution in [3.63, 3.8) is 0 Å². The number of hydrogen-bond donors (Lipinski definition) is 0. The zero-order valence-corrected chi connectivity index (χ0v) is 10.1. The van der Waals surface area contributed by atoms with E-state index >= 15 is 0 Å². The molecule has 0 saturated heterocycles. The van der Waals surface area contributed by atoms with E-state index in [1.807, 2.05) is 24.3 Å². The van der Waals surface area contributed by atoms with Crippen molar-refractivity contribution in [2.45, 2.75) is 6.36 Å². The van der Waals surface area contributed by atoms with E-state index in [9.17, 15) is 13.2 Å². The number of benzene rings is 2. The summed E-state index contributed by atoms with van der Waals surface area (Å²) >= 11 is 0. The number of hydrogen-bond acceptors (Lipinski definition) is 1. The quantitative estimate of drug-likeness (QED) is 0.608. The molecule has 18 heavy (non-hydrogen) atoms. The zero-order valence-electron chi connectivity index (χ0n) is 9.08. The normalized spacial score (nSPS) is 12.6. The minimum absolute atomic E-state index is 0.151. The molecule has 1 aromatic heterocycles. The third-order valence-electron chi connectivity index (χ3n) is 2.71. The van der Waals surface area contributed by atoms with Gasteiger partial charge in [0.25, 0.3) is 0 Å². The molecular weight excluding hydrogens is 260 g/mol. The van der Waals surface area contributed by atoms with Crippen LogP contribution in [-0.4, -0.2) is 6.36 Å². The van der Waals surface area contributed by atoms with E-state index in [1.54, 1.807) is 6.07 Å². The number of halogens is 3. The first-order chi connectivity index (χ1) is 8.53. The highest BCUT2D eigenvalue weighted by atomic mass is 31.0. The van der Waals surface area contributed by atoms with Crippen molar-refractivity contribution in [3.8, 4) is 5.75 Å². The maximum atomic E-state index is 12.1.